The smallest absolute Gasteiger partial charge is 0.221 e. The zero-order chi connectivity index (χ0) is 16.1. The third-order valence-corrected chi connectivity index (χ3v) is 3.45. The van der Waals surface area contributed by atoms with E-state index in [2.05, 4.69) is 23.0 Å². The quantitative estimate of drug-likeness (QED) is 0.849. The summed E-state index contributed by atoms with van der Waals surface area (Å²) in [6, 6.07) is 4.06. The molecule has 0 spiro atoms. The van der Waals surface area contributed by atoms with Gasteiger partial charge < -0.3 is 20.9 Å². The van der Waals surface area contributed by atoms with Crippen LogP contribution in [-0.2, 0) is 12.8 Å². The summed E-state index contributed by atoms with van der Waals surface area (Å²) in [5.74, 6) is 2.09. The number of ether oxygens (including phenoxy) is 2. The standard InChI is InChI=1S/C16H22N4O2/c1-4-5-11-6-10(8-13(21-2)14(11)22-3)7-12-9-19-16(18)20-15(12)17/h6,8-9H,4-5,7H2,1-3H3,(H4,17,18,19,20). The van der Waals surface area contributed by atoms with Crippen LogP contribution in [0.2, 0.25) is 0 Å². The first-order chi connectivity index (χ1) is 10.6. The Bertz CT molecular complexity index is 659. The zero-order valence-corrected chi connectivity index (χ0v) is 13.2. The molecule has 0 saturated carbocycles. The summed E-state index contributed by atoms with van der Waals surface area (Å²) in [6.07, 6.45) is 4.22. The molecule has 0 amide bonds. The van der Waals surface area contributed by atoms with Crippen molar-refractivity contribution in [3.63, 3.8) is 0 Å². The van der Waals surface area contributed by atoms with E-state index >= 15 is 0 Å². The third kappa shape index (κ3) is 3.39. The van der Waals surface area contributed by atoms with E-state index < -0.39 is 0 Å². The molecular weight excluding hydrogens is 280 g/mol. The van der Waals surface area contributed by atoms with E-state index in [1.807, 2.05) is 6.07 Å². The lowest BCUT2D eigenvalue weighted by Gasteiger charge is -2.15. The summed E-state index contributed by atoms with van der Waals surface area (Å²) in [7, 11) is 3.29. The first-order valence-electron chi connectivity index (χ1n) is 7.19. The number of benzene rings is 1. The molecule has 6 heteroatoms. The van der Waals surface area contributed by atoms with Gasteiger partial charge in [0.15, 0.2) is 11.5 Å². The molecule has 0 unspecified atom stereocenters. The van der Waals surface area contributed by atoms with E-state index in [1.54, 1.807) is 20.4 Å². The predicted molar refractivity (Wildman–Crippen MR) is 87.2 cm³/mol. The predicted octanol–water partition coefficient (Wildman–Crippen LogP) is 2.20. The van der Waals surface area contributed by atoms with Crippen LogP contribution >= 0.6 is 0 Å². The van der Waals surface area contributed by atoms with Crippen molar-refractivity contribution >= 4 is 11.8 Å². The number of aromatic nitrogens is 2. The van der Waals surface area contributed by atoms with Crippen molar-refractivity contribution in [2.45, 2.75) is 26.2 Å². The van der Waals surface area contributed by atoms with Gasteiger partial charge >= 0.3 is 0 Å². The van der Waals surface area contributed by atoms with Gasteiger partial charge in [-0.1, -0.05) is 19.4 Å². The number of nitrogen functional groups attached to an aromatic ring is 2. The molecule has 0 aliphatic rings. The molecule has 0 fully saturated rings. The molecule has 4 N–H and O–H groups in total. The Hall–Kier alpha value is -2.50. The molecule has 1 heterocycles. The van der Waals surface area contributed by atoms with Crippen molar-refractivity contribution < 1.29 is 9.47 Å². The molecule has 22 heavy (non-hydrogen) atoms. The van der Waals surface area contributed by atoms with E-state index in [0.29, 0.717) is 12.2 Å². The lowest BCUT2D eigenvalue weighted by atomic mass is 10.00. The second kappa shape index (κ2) is 6.98. The van der Waals surface area contributed by atoms with Gasteiger partial charge in [-0.3, -0.25) is 0 Å². The lowest BCUT2D eigenvalue weighted by molar-refractivity contribution is 0.351. The average molecular weight is 302 g/mol. The molecule has 0 radical (unpaired) electrons. The maximum Gasteiger partial charge on any atom is 0.221 e. The van der Waals surface area contributed by atoms with Gasteiger partial charge in [-0.05, 0) is 23.6 Å². The van der Waals surface area contributed by atoms with Crippen LogP contribution in [0.25, 0.3) is 0 Å². The van der Waals surface area contributed by atoms with Crippen LogP contribution in [0.3, 0.4) is 0 Å². The highest BCUT2D eigenvalue weighted by molar-refractivity contribution is 5.52. The van der Waals surface area contributed by atoms with Gasteiger partial charge in [-0.25, -0.2) is 4.98 Å². The van der Waals surface area contributed by atoms with E-state index in [1.165, 1.54) is 0 Å². The van der Waals surface area contributed by atoms with E-state index in [9.17, 15) is 0 Å². The Morgan fingerprint density at radius 2 is 1.86 bits per heavy atom. The van der Waals surface area contributed by atoms with Crippen molar-refractivity contribution in [1.29, 1.82) is 0 Å². The lowest BCUT2D eigenvalue weighted by Crippen LogP contribution is -2.05. The van der Waals surface area contributed by atoms with Gasteiger partial charge in [0, 0.05) is 18.2 Å². The number of nitrogens with two attached hydrogens (primary N) is 2. The highest BCUT2D eigenvalue weighted by Gasteiger charge is 2.13. The van der Waals surface area contributed by atoms with Crippen LogP contribution in [0.4, 0.5) is 11.8 Å². The number of hydrogen-bond acceptors (Lipinski definition) is 6. The molecule has 2 aromatic rings. The molecule has 2 rings (SSSR count). The van der Waals surface area contributed by atoms with E-state index in [4.69, 9.17) is 20.9 Å². The summed E-state index contributed by atoms with van der Waals surface area (Å²) in [6.45, 7) is 2.13. The molecule has 118 valence electrons. The minimum Gasteiger partial charge on any atom is -0.493 e. The fraction of sp³-hybridized carbons (Fsp3) is 0.375. The summed E-state index contributed by atoms with van der Waals surface area (Å²) in [4.78, 5) is 8.00. The zero-order valence-electron chi connectivity index (χ0n) is 13.2. The number of methoxy groups -OCH3 is 2. The first-order valence-corrected chi connectivity index (χ1v) is 7.19. The fourth-order valence-electron chi connectivity index (χ4n) is 2.45. The molecule has 0 aliphatic carbocycles. The number of rotatable bonds is 6. The summed E-state index contributed by atoms with van der Waals surface area (Å²) in [5.41, 5.74) is 14.5. The van der Waals surface area contributed by atoms with Crippen LogP contribution in [0.15, 0.2) is 18.3 Å². The van der Waals surface area contributed by atoms with Gasteiger partial charge in [0.1, 0.15) is 5.82 Å². The van der Waals surface area contributed by atoms with Crippen molar-refractivity contribution in [2.75, 3.05) is 25.7 Å². The van der Waals surface area contributed by atoms with Gasteiger partial charge in [-0.2, -0.15) is 4.98 Å². The average Bonchev–Trinajstić information content (AvgIpc) is 2.50. The van der Waals surface area contributed by atoms with E-state index in [-0.39, 0.29) is 5.95 Å². The number of hydrogen-bond donors (Lipinski definition) is 2. The molecule has 0 saturated heterocycles. The van der Waals surface area contributed by atoms with Crippen LogP contribution < -0.4 is 20.9 Å². The Morgan fingerprint density at radius 1 is 1.09 bits per heavy atom. The second-order valence-corrected chi connectivity index (χ2v) is 5.06. The van der Waals surface area contributed by atoms with Gasteiger partial charge in [0.25, 0.3) is 0 Å². The van der Waals surface area contributed by atoms with Crippen LogP contribution in [0, 0.1) is 0 Å². The van der Waals surface area contributed by atoms with Crippen molar-refractivity contribution in [2.24, 2.45) is 0 Å². The largest absolute Gasteiger partial charge is 0.493 e. The van der Waals surface area contributed by atoms with Gasteiger partial charge in [0.2, 0.25) is 5.95 Å². The monoisotopic (exact) mass is 302 g/mol. The van der Waals surface area contributed by atoms with Crippen LogP contribution in [0.5, 0.6) is 11.5 Å². The first kappa shape index (κ1) is 15.9. The van der Waals surface area contributed by atoms with Crippen molar-refractivity contribution in [3.05, 3.63) is 35.0 Å². The maximum absolute atomic E-state index is 5.91. The molecule has 0 aliphatic heterocycles. The van der Waals surface area contributed by atoms with E-state index in [0.717, 1.165) is 41.0 Å². The topological polar surface area (TPSA) is 96.3 Å². The molecule has 0 atom stereocenters. The molecule has 1 aromatic carbocycles. The highest BCUT2D eigenvalue weighted by atomic mass is 16.5. The van der Waals surface area contributed by atoms with Crippen molar-refractivity contribution in [3.8, 4) is 11.5 Å². The molecule has 1 aromatic heterocycles. The minimum absolute atomic E-state index is 0.181. The molecule has 6 nitrogen and oxygen atoms in total. The Morgan fingerprint density at radius 3 is 2.45 bits per heavy atom. The Kier molecular flexibility index (Phi) is 5.04. The summed E-state index contributed by atoms with van der Waals surface area (Å²) in [5, 5.41) is 0. The Labute approximate surface area is 130 Å². The van der Waals surface area contributed by atoms with Crippen molar-refractivity contribution in [1.82, 2.24) is 9.97 Å². The third-order valence-electron chi connectivity index (χ3n) is 3.45. The molecular formula is C16H22N4O2. The number of aryl methyl sites for hydroxylation is 1. The Balaban J connectivity index is 2.40. The fourth-order valence-corrected chi connectivity index (χ4v) is 2.45. The molecule has 0 bridgehead atoms. The summed E-state index contributed by atoms with van der Waals surface area (Å²) < 4.78 is 10.9. The summed E-state index contributed by atoms with van der Waals surface area (Å²) >= 11 is 0. The van der Waals surface area contributed by atoms with Gasteiger partial charge in [-0.15, -0.1) is 0 Å². The minimum atomic E-state index is 0.181. The van der Waals surface area contributed by atoms with Crippen LogP contribution in [-0.4, -0.2) is 24.2 Å². The number of nitrogens with zero attached hydrogens (tertiary/aromatic N) is 2. The van der Waals surface area contributed by atoms with Crippen LogP contribution in [0.1, 0.15) is 30.0 Å². The van der Waals surface area contributed by atoms with Gasteiger partial charge in [0.05, 0.1) is 14.2 Å². The maximum atomic E-state index is 5.91. The highest BCUT2D eigenvalue weighted by Crippen LogP contribution is 2.34. The SMILES string of the molecule is CCCc1cc(Cc2cnc(N)nc2N)cc(OC)c1OC. The second-order valence-electron chi connectivity index (χ2n) is 5.06. The normalized spacial score (nSPS) is 10.5. The number of anilines is 2.